The highest BCUT2D eigenvalue weighted by atomic mass is 19.1. The summed E-state index contributed by atoms with van der Waals surface area (Å²) in [6, 6.07) is 10.1. The highest BCUT2D eigenvalue weighted by Crippen LogP contribution is 2.30. The van der Waals surface area contributed by atoms with E-state index in [1.54, 1.807) is 29.3 Å². The lowest BCUT2D eigenvalue weighted by Gasteiger charge is -2.34. The van der Waals surface area contributed by atoms with Crippen LogP contribution in [0, 0.1) is 12.7 Å². The maximum absolute atomic E-state index is 13.8. The number of amides is 2. The number of piperidine rings is 1. The van der Waals surface area contributed by atoms with E-state index in [4.69, 9.17) is 0 Å². The number of rotatable bonds is 3. The molecule has 3 heterocycles. The third-order valence-corrected chi connectivity index (χ3v) is 5.13. The molecule has 1 aliphatic heterocycles. The predicted molar refractivity (Wildman–Crippen MR) is 105 cm³/mol. The predicted octanol–water partition coefficient (Wildman–Crippen LogP) is 4.26. The number of carbonyl (C=O) groups is 1. The SMILES string of the molecule is Cc1cnc(-c2cccnc2)n1C1CCN(C(=O)Nc2ccccc2F)CC1. The highest BCUT2D eigenvalue weighted by Gasteiger charge is 2.26. The van der Waals surface area contributed by atoms with Gasteiger partial charge in [-0.2, -0.15) is 0 Å². The summed E-state index contributed by atoms with van der Waals surface area (Å²) in [4.78, 5) is 23.0. The van der Waals surface area contributed by atoms with Crippen molar-refractivity contribution in [3.05, 3.63) is 66.5 Å². The normalized spacial score (nSPS) is 14.9. The molecule has 2 aromatic heterocycles. The molecule has 0 saturated carbocycles. The molecule has 0 atom stereocenters. The lowest BCUT2D eigenvalue weighted by molar-refractivity contribution is 0.183. The summed E-state index contributed by atoms with van der Waals surface area (Å²) in [6.07, 6.45) is 7.06. The van der Waals surface area contributed by atoms with Crippen LogP contribution >= 0.6 is 0 Å². The number of pyridine rings is 1. The van der Waals surface area contributed by atoms with Crippen molar-refractivity contribution in [3.63, 3.8) is 0 Å². The minimum atomic E-state index is -0.430. The Morgan fingerprint density at radius 2 is 1.93 bits per heavy atom. The van der Waals surface area contributed by atoms with Crippen LogP contribution in [0.1, 0.15) is 24.6 Å². The fraction of sp³-hybridized carbons (Fsp3) is 0.286. The number of nitrogens with one attached hydrogen (secondary N) is 1. The molecule has 0 spiro atoms. The van der Waals surface area contributed by atoms with E-state index in [0.29, 0.717) is 13.1 Å². The summed E-state index contributed by atoms with van der Waals surface area (Å²) in [7, 11) is 0. The van der Waals surface area contributed by atoms with Crippen LogP contribution in [0.15, 0.2) is 55.0 Å². The molecular weight excluding hydrogens is 357 g/mol. The summed E-state index contributed by atoms with van der Waals surface area (Å²) >= 11 is 0. The lowest BCUT2D eigenvalue weighted by Crippen LogP contribution is -2.41. The number of para-hydroxylation sites is 1. The van der Waals surface area contributed by atoms with Gasteiger partial charge in [0.25, 0.3) is 0 Å². The Hall–Kier alpha value is -3.22. The van der Waals surface area contributed by atoms with Gasteiger partial charge < -0.3 is 14.8 Å². The average Bonchev–Trinajstić information content (AvgIpc) is 3.12. The standard InChI is InChI=1S/C21H22FN5O/c1-15-13-24-20(16-5-4-10-23-14-16)27(15)17-8-11-26(12-9-17)21(28)25-19-7-3-2-6-18(19)22/h2-7,10,13-14,17H,8-9,11-12H2,1H3,(H,25,28). The van der Waals surface area contributed by atoms with Crippen LogP contribution in [0.3, 0.4) is 0 Å². The topological polar surface area (TPSA) is 63.1 Å². The second-order valence-electron chi connectivity index (χ2n) is 6.96. The maximum atomic E-state index is 13.8. The van der Waals surface area contributed by atoms with Crippen LogP contribution < -0.4 is 5.32 Å². The number of anilines is 1. The van der Waals surface area contributed by atoms with Gasteiger partial charge in [0.15, 0.2) is 0 Å². The lowest BCUT2D eigenvalue weighted by atomic mass is 10.0. The molecule has 0 radical (unpaired) electrons. The molecule has 28 heavy (non-hydrogen) atoms. The van der Waals surface area contributed by atoms with Crippen LogP contribution in [0.4, 0.5) is 14.9 Å². The first-order chi connectivity index (χ1) is 13.6. The summed E-state index contributed by atoms with van der Waals surface area (Å²) in [5.41, 5.74) is 2.28. The van der Waals surface area contributed by atoms with E-state index in [2.05, 4.69) is 19.9 Å². The van der Waals surface area contributed by atoms with Crippen molar-refractivity contribution >= 4 is 11.7 Å². The molecule has 1 aliphatic rings. The molecule has 1 N–H and O–H groups in total. The molecule has 1 saturated heterocycles. The molecule has 4 rings (SSSR count). The smallest absolute Gasteiger partial charge is 0.321 e. The molecule has 3 aromatic rings. The first-order valence-corrected chi connectivity index (χ1v) is 9.38. The number of carbonyl (C=O) groups excluding carboxylic acids is 1. The van der Waals surface area contributed by atoms with Gasteiger partial charge in [-0.1, -0.05) is 12.1 Å². The van der Waals surface area contributed by atoms with E-state index in [1.807, 2.05) is 31.5 Å². The van der Waals surface area contributed by atoms with Gasteiger partial charge in [-0.05, 0) is 44.0 Å². The number of imidazole rings is 1. The van der Waals surface area contributed by atoms with Gasteiger partial charge in [-0.25, -0.2) is 14.2 Å². The number of halogens is 1. The summed E-state index contributed by atoms with van der Waals surface area (Å²) in [5.74, 6) is 0.473. The molecule has 7 heteroatoms. The van der Waals surface area contributed by atoms with Crippen molar-refractivity contribution in [1.29, 1.82) is 0 Å². The maximum Gasteiger partial charge on any atom is 0.321 e. The number of hydrogen-bond donors (Lipinski definition) is 1. The van der Waals surface area contributed by atoms with Crippen LogP contribution in [0.25, 0.3) is 11.4 Å². The number of aryl methyl sites for hydroxylation is 1. The fourth-order valence-electron chi connectivity index (χ4n) is 3.70. The summed E-state index contributed by atoms with van der Waals surface area (Å²) in [5, 5.41) is 2.66. The number of likely N-dealkylation sites (tertiary alicyclic amines) is 1. The minimum absolute atomic E-state index is 0.207. The van der Waals surface area contributed by atoms with Crippen molar-refractivity contribution in [2.45, 2.75) is 25.8 Å². The van der Waals surface area contributed by atoms with E-state index in [0.717, 1.165) is 29.9 Å². The third-order valence-electron chi connectivity index (χ3n) is 5.13. The molecule has 0 bridgehead atoms. The second kappa shape index (κ2) is 7.80. The Balaban J connectivity index is 1.44. The molecule has 1 aromatic carbocycles. The van der Waals surface area contributed by atoms with Crippen molar-refractivity contribution in [1.82, 2.24) is 19.4 Å². The van der Waals surface area contributed by atoms with Gasteiger partial charge >= 0.3 is 6.03 Å². The molecule has 144 valence electrons. The van der Waals surface area contributed by atoms with Crippen LogP contribution in [0.2, 0.25) is 0 Å². The van der Waals surface area contributed by atoms with Gasteiger partial charge in [-0.3, -0.25) is 4.98 Å². The third kappa shape index (κ3) is 3.60. The Morgan fingerprint density at radius 1 is 1.14 bits per heavy atom. The Labute approximate surface area is 163 Å². The minimum Gasteiger partial charge on any atom is -0.325 e. The highest BCUT2D eigenvalue weighted by molar-refractivity contribution is 5.89. The van der Waals surface area contributed by atoms with E-state index in [-0.39, 0.29) is 17.8 Å². The van der Waals surface area contributed by atoms with Gasteiger partial charge in [-0.15, -0.1) is 0 Å². The van der Waals surface area contributed by atoms with Crippen LogP contribution in [-0.4, -0.2) is 38.6 Å². The quantitative estimate of drug-likeness (QED) is 0.739. The van der Waals surface area contributed by atoms with Gasteiger partial charge in [0.05, 0.1) is 5.69 Å². The molecule has 1 fully saturated rings. The summed E-state index contributed by atoms with van der Waals surface area (Å²) in [6.45, 7) is 3.26. The van der Waals surface area contributed by atoms with E-state index in [1.165, 1.54) is 6.07 Å². The van der Waals surface area contributed by atoms with Gasteiger partial charge in [0.1, 0.15) is 11.6 Å². The zero-order valence-corrected chi connectivity index (χ0v) is 15.7. The van der Waals surface area contributed by atoms with Crippen LogP contribution in [-0.2, 0) is 0 Å². The van der Waals surface area contributed by atoms with Crippen molar-refractivity contribution in [2.24, 2.45) is 0 Å². The molecule has 2 amide bonds. The largest absolute Gasteiger partial charge is 0.325 e. The Kier molecular flexibility index (Phi) is 5.06. The Bertz CT molecular complexity index is 964. The zero-order valence-electron chi connectivity index (χ0n) is 15.7. The number of urea groups is 1. The molecular formula is C21H22FN5O. The van der Waals surface area contributed by atoms with E-state index < -0.39 is 5.82 Å². The fourth-order valence-corrected chi connectivity index (χ4v) is 3.70. The van der Waals surface area contributed by atoms with Crippen molar-refractivity contribution < 1.29 is 9.18 Å². The number of nitrogens with zero attached hydrogens (tertiary/aromatic N) is 4. The zero-order chi connectivity index (χ0) is 19.5. The van der Waals surface area contributed by atoms with E-state index >= 15 is 0 Å². The first-order valence-electron chi connectivity index (χ1n) is 9.38. The van der Waals surface area contributed by atoms with E-state index in [9.17, 15) is 9.18 Å². The second-order valence-corrected chi connectivity index (χ2v) is 6.96. The van der Waals surface area contributed by atoms with Crippen molar-refractivity contribution in [3.8, 4) is 11.4 Å². The molecule has 0 unspecified atom stereocenters. The first kappa shape index (κ1) is 18.2. The number of aromatic nitrogens is 3. The van der Waals surface area contributed by atoms with Crippen molar-refractivity contribution in [2.75, 3.05) is 18.4 Å². The average molecular weight is 379 g/mol. The number of benzene rings is 1. The van der Waals surface area contributed by atoms with Crippen LogP contribution in [0.5, 0.6) is 0 Å². The molecule has 0 aliphatic carbocycles. The van der Waals surface area contributed by atoms with Gasteiger partial charge in [0.2, 0.25) is 0 Å². The monoisotopic (exact) mass is 379 g/mol. The summed E-state index contributed by atoms with van der Waals surface area (Å²) < 4.78 is 16.0. The number of hydrogen-bond acceptors (Lipinski definition) is 3. The Morgan fingerprint density at radius 3 is 2.64 bits per heavy atom. The molecule has 6 nitrogen and oxygen atoms in total. The van der Waals surface area contributed by atoms with Gasteiger partial charge in [0, 0.05) is 49.0 Å².